The average Bonchev–Trinajstić information content (AvgIpc) is 2.95. The van der Waals surface area contributed by atoms with Gasteiger partial charge in [0, 0.05) is 58.1 Å². The van der Waals surface area contributed by atoms with Crippen molar-refractivity contribution in [2.24, 2.45) is 12.5 Å². The molecule has 0 radical (unpaired) electrons. The van der Waals surface area contributed by atoms with Gasteiger partial charge in [-0.15, -0.1) is 0 Å². The second kappa shape index (κ2) is 7.43. The van der Waals surface area contributed by atoms with E-state index in [0.717, 1.165) is 63.2 Å². The first-order valence-corrected chi connectivity index (χ1v) is 9.65. The summed E-state index contributed by atoms with van der Waals surface area (Å²) in [7, 11) is 6.05. The van der Waals surface area contributed by atoms with Gasteiger partial charge in [0.2, 0.25) is 5.91 Å². The minimum atomic E-state index is 0.147. The Kier molecular flexibility index (Phi) is 5.42. The molecule has 0 aromatic carbocycles. The highest BCUT2D eigenvalue weighted by Gasteiger charge is 2.41. The number of likely N-dealkylation sites (tertiary alicyclic amines) is 2. The predicted molar refractivity (Wildman–Crippen MR) is 102 cm³/mol. The molecule has 2 aliphatic heterocycles. The number of amides is 2. The molecule has 2 aliphatic rings. The lowest BCUT2D eigenvalue weighted by Crippen LogP contribution is -2.53. The first kappa shape index (κ1) is 19.0. The first-order valence-electron chi connectivity index (χ1n) is 9.65. The maximum atomic E-state index is 12.8. The molecule has 6 nitrogen and oxygen atoms in total. The topological polar surface area (TPSA) is 48.8 Å². The fourth-order valence-corrected chi connectivity index (χ4v) is 4.22. The Labute approximate surface area is 156 Å². The van der Waals surface area contributed by atoms with Gasteiger partial charge in [0.15, 0.2) is 0 Å². The molecule has 3 rings (SSSR count). The number of likely N-dealkylation sites (N-methyl/N-ethyl adjacent to an activating group) is 1. The van der Waals surface area contributed by atoms with E-state index < -0.39 is 0 Å². The molecule has 6 heteroatoms. The van der Waals surface area contributed by atoms with Crippen molar-refractivity contribution in [3.05, 3.63) is 23.5 Å². The van der Waals surface area contributed by atoms with Gasteiger partial charge in [-0.3, -0.25) is 9.59 Å². The van der Waals surface area contributed by atoms with Gasteiger partial charge in [-0.25, -0.2) is 0 Å². The lowest BCUT2D eigenvalue weighted by atomic mass is 9.72. The number of aromatic nitrogens is 1. The van der Waals surface area contributed by atoms with Crippen LogP contribution in [0.2, 0.25) is 0 Å². The Morgan fingerprint density at radius 1 is 1.23 bits per heavy atom. The van der Waals surface area contributed by atoms with Gasteiger partial charge in [-0.05, 0) is 51.8 Å². The molecule has 144 valence electrons. The van der Waals surface area contributed by atoms with Crippen LogP contribution in [-0.2, 0) is 11.8 Å². The summed E-state index contributed by atoms with van der Waals surface area (Å²) < 4.78 is 1.99. The standard InChI is InChI=1S/C20H32N4O2/c1-16-17(6-10-22(16)4)19(26)23-11-8-20(9-12-23)7-5-18(25)24(15-20)14-13-21(2)3/h6,10H,5,7-9,11-15H2,1-4H3. The van der Waals surface area contributed by atoms with Gasteiger partial charge in [-0.1, -0.05) is 0 Å². The van der Waals surface area contributed by atoms with E-state index in [1.807, 2.05) is 54.7 Å². The molecule has 1 aromatic rings. The summed E-state index contributed by atoms with van der Waals surface area (Å²) in [5.74, 6) is 0.435. The van der Waals surface area contributed by atoms with E-state index >= 15 is 0 Å². The number of carbonyl (C=O) groups excluding carboxylic acids is 2. The van der Waals surface area contributed by atoms with Gasteiger partial charge >= 0.3 is 0 Å². The average molecular weight is 361 g/mol. The molecule has 0 atom stereocenters. The quantitative estimate of drug-likeness (QED) is 0.822. The summed E-state index contributed by atoms with van der Waals surface area (Å²) >= 11 is 0. The molecular weight excluding hydrogens is 328 g/mol. The van der Waals surface area contributed by atoms with Crippen molar-refractivity contribution < 1.29 is 9.59 Å². The van der Waals surface area contributed by atoms with Crippen molar-refractivity contribution in [1.29, 1.82) is 0 Å². The third kappa shape index (κ3) is 3.80. The van der Waals surface area contributed by atoms with E-state index in [2.05, 4.69) is 4.90 Å². The van der Waals surface area contributed by atoms with E-state index in [4.69, 9.17) is 0 Å². The smallest absolute Gasteiger partial charge is 0.255 e. The van der Waals surface area contributed by atoms with Crippen LogP contribution < -0.4 is 0 Å². The molecule has 3 heterocycles. The predicted octanol–water partition coefficient (Wildman–Crippen LogP) is 1.74. The first-order chi connectivity index (χ1) is 12.3. The summed E-state index contributed by atoms with van der Waals surface area (Å²) in [5.41, 5.74) is 2.03. The maximum absolute atomic E-state index is 12.8. The van der Waals surface area contributed by atoms with Crippen molar-refractivity contribution in [2.45, 2.75) is 32.6 Å². The summed E-state index contributed by atoms with van der Waals surface area (Å²) in [5, 5.41) is 0. The van der Waals surface area contributed by atoms with Crippen LogP contribution in [0.25, 0.3) is 0 Å². The monoisotopic (exact) mass is 360 g/mol. The molecule has 0 unspecified atom stereocenters. The highest BCUT2D eigenvalue weighted by Crippen LogP contribution is 2.40. The zero-order valence-electron chi connectivity index (χ0n) is 16.6. The van der Waals surface area contributed by atoms with Gasteiger partial charge in [0.25, 0.3) is 5.91 Å². The molecule has 1 aromatic heterocycles. The van der Waals surface area contributed by atoms with Crippen LogP contribution in [0, 0.1) is 12.3 Å². The van der Waals surface area contributed by atoms with Gasteiger partial charge < -0.3 is 19.3 Å². The van der Waals surface area contributed by atoms with E-state index in [0.29, 0.717) is 6.42 Å². The lowest BCUT2D eigenvalue weighted by molar-refractivity contribution is -0.139. The van der Waals surface area contributed by atoms with E-state index in [1.165, 1.54) is 0 Å². The molecule has 0 bridgehead atoms. The fourth-order valence-electron chi connectivity index (χ4n) is 4.22. The number of rotatable bonds is 4. The Morgan fingerprint density at radius 2 is 1.92 bits per heavy atom. The minimum Gasteiger partial charge on any atom is -0.354 e. The molecule has 0 aliphatic carbocycles. The van der Waals surface area contributed by atoms with Crippen molar-refractivity contribution in [3.8, 4) is 0 Å². The van der Waals surface area contributed by atoms with Crippen molar-refractivity contribution in [1.82, 2.24) is 19.3 Å². The largest absolute Gasteiger partial charge is 0.354 e. The number of piperidine rings is 2. The van der Waals surface area contributed by atoms with Crippen molar-refractivity contribution >= 4 is 11.8 Å². The van der Waals surface area contributed by atoms with Crippen LogP contribution in [0.4, 0.5) is 0 Å². The third-order valence-corrected chi connectivity index (χ3v) is 6.29. The summed E-state index contributed by atoms with van der Waals surface area (Å²) in [6.07, 6.45) is 5.56. The molecule has 2 saturated heterocycles. The number of aryl methyl sites for hydroxylation is 1. The molecule has 2 fully saturated rings. The highest BCUT2D eigenvalue weighted by molar-refractivity contribution is 5.95. The lowest BCUT2D eigenvalue weighted by Gasteiger charge is -2.47. The van der Waals surface area contributed by atoms with Crippen LogP contribution in [0.3, 0.4) is 0 Å². The Hall–Kier alpha value is -1.82. The van der Waals surface area contributed by atoms with Crippen LogP contribution in [0.15, 0.2) is 12.3 Å². The van der Waals surface area contributed by atoms with Crippen LogP contribution in [0.1, 0.15) is 41.7 Å². The molecule has 26 heavy (non-hydrogen) atoms. The highest BCUT2D eigenvalue weighted by atomic mass is 16.2. The van der Waals surface area contributed by atoms with Gasteiger partial charge in [-0.2, -0.15) is 0 Å². The summed E-state index contributed by atoms with van der Waals surface area (Å²) in [4.78, 5) is 31.3. The number of carbonyl (C=O) groups is 2. The second-order valence-corrected chi connectivity index (χ2v) is 8.34. The normalized spacial score (nSPS) is 20.3. The fraction of sp³-hybridized carbons (Fsp3) is 0.700. The SMILES string of the molecule is Cc1c(C(=O)N2CCC3(CCC(=O)N(CCN(C)C)C3)CC2)ccn1C. The van der Waals surface area contributed by atoms with Crippen LogP contribution in [0.5, 0.6) is 0 Å². The summed E-state index contributed by atoms with van der Waals surface area (Å²) in [6, 6.07) is 1.92. The second-order valence-electron chi connectivity index (χ2n) is 8.34. The van der Waals surface area contributed by atoms with E-state index in [9.17, 15) is 9.59 Å². The van der Waals surface area contributed by atoms with Crippen molar-refractivity contribution in [3.63, 3.8) is 0 Å². The number of hydrogen-bond donors (Lipinski definition) is 0. The van der Waals surface area contributed by atoms with Crippen molar-refractivity contribution in [2.75, 3.05) is 46.8 Å². The minimum absolute atomic E-state index is 0.147. The number of hydrogen-bond acceptors (Lipinski definition) is 3. The third-order valence-electron chi connectivity index (χ3n) is 6.29. The van der Waals surface area contributed by atoms with E-state index in [-0.39, 0.29) is 17.2 Å². The van der Waals surface area contributed by atoms with Gasteiger partial charge in [0.1, 0.15) is 0 Å². The number of nitrogens with zero attached hydrogens (tertiary/aromatic N) is 4. The summed E-state index contributed by atoms with van der Waals surface area (Å²) in [6.45, 7) is 6.14. The zero-order chi connectivity index (χ0) is 18.9. The molecular formula is C20H32N4O2. The maximum Gasteiger partial charge on any atom is 0.255 e. The molecule has 0 N–H and O–H groups in total. The molecule has 2 amide bonds. The Bertz CT molecular complexity index is 671. The Morgan fingerprint density at radius 3 is 2.50 bits per heavy atom. The molecule has 1 spiro atoms. The van der Waals surface area contributed by atoms with E-state index in [1.54, 1.807) is 0 Å². The van der Waals surface area contributed by atoms with Crippen LogP contribution in [-0.4, -0.2) is 77.9 Å². The molecule has 0 saturated carbocycles. The zero-order valence-corrected chi connectivity index (χ0v) is 16.6. The van der Waals surface area contributed by atoms with Crippen LogP contribution >= 0.6 is 0 Å². The van der Waals surface area contributed by atoms with Gasteiger partial charge in [0.05, 0.1) is 5.56 Å². The Balaban J connectivity index is 1.61.